The molecule has 0 aromatic rings. The molecule has 0 aliphatic rings. The molecule has 0 aromatic carbocycles. The molecule has 4 heteroatoms. The van der Waals surface area contributed by atoms with Crippen LogP contribution in [-0.4, -0.2) is 18.0 Å². The molecule has 0 spiro atoms. The van der Waals surface area contributed by atoms with E-state index in [0.717, 1.165) is 12.8 Å². The Morgan fingerprint density at radius 2 is 2.13 bits per heavy atom. The van der Waals surface area contributed by atoms with Crippen LogP contribution in [-0.2, 0) is 4.79 Å². The van der Waals surface area contributed by atoms with Gasteiger partial charge in [0, 0.05) is 24.9 Å². The monoisotopic (exact) mass is 211 g/mol. The number of rotatable bonds is 7. The van der Waals surface area contributed by atoms with Gasteiger partial charge in [0.05, 0.1) is 6.07 Å². The van der Waals surface area contributed by atoms with Crippen LogP contribution in [0.2, 0.25) is 0 Å². The Labute approximate surface area is 91.8 Å². The molecule has 0 aliphatic heterocycles. The minimum atomic E-state index is -0.280. The van der Waals surface area contributed by atoms with Crippen molar-refractivity contribution in [1.82, 2.24) is 5.32 Å². The number of nitrogens with one attached hydrogen (secondary N) is 1. The van der Waals surface area contributed by atoms with Crippen molar-refractivity contribution in [1.29, 1.82) is 5.26 Å². The van der Waals surface area contributed by atoms with Gasteiger partial charge < -0.3 is 11.1 Å². The Bertz CT molecular complexity index is 225. The van der Waals surface area contributed by atoms with E-state index in [1.165, 1.54) is 0 Å². The SMILES string of the molecule is CC(C)(N)CCC(=O)NCCCCC#N. The number of nitrogens with two attached hydrogens (primary N) is 1. The Hall–Kier alpha value is -1.08. The number of carbonyl (C=O) groups is 1. The van der Waals surface area contributed by atoms with Gasteiger partial charge in [-0.05, 0) is 33.1 Å². The highest BCUT2D eigenvalue weighted by molar-refractivity contribution is 5.75. The van der Waals surface area contributed by atoms with Gasteiger partial charge >= 0.3 is 0 Å². The molecule has 0 aromatic heterocycles. The third kappa shape index (κ3) is 10.8. The van der Waals surface area contributed by atoms with Crippen LogP contribution in [0.15, 0.2) is 0 Å². The Morgan fingerprint density at radius 1 is 1.47 bits per heavy atom. The molecular formula is C11H21N3O. The average Bonchev–Trinajstić information content (AvgIpc) is 2.13. The van der Waals surface area contributed by atoms with E-state index in [1.54, 1.807) is 0 Å². The summed E-state index contributed by atoms with van der Waals surface area (Å²) in [5, 5.41) is 11.1. The zero-order chi connectivity index (χ0) is 11.7. The lowest BCUT2D eigenvalue weighted by Gasteiger charge is -2.17. The third-order valence-electron chi connectivity index (χ3n) is 2.03. The summed E-state index contributed by atoms with van der Waals surface area (Å²) < 4.78 is 0. The zero-order valence-corrected chi connectivity index (χ0v) is 9.68. The summed E-state index contributed by atoms with van der Waals surface area (Å²) in [4.78, 5) is 11.3. The van der Waals surface area contributed by atoms with Gasteiger partial charge in [-0.15, -0.1) is 0 Å². The molecule has 15 heavy (non-hydrogen) atoms. The largest absolute Gasteiger partial charge is 0.356 e. The van der Waals surface area contributed by atoms with Crippen molar-refractivity contribution < 1.29 is 4.79 Å². The van der Waals surface area contributed by atoms with E-state index in [0.29, 0.717) is 25.8 Å². The number of unbranched alkanes of at least 4 members (excludes halogenated alkanes) is 2. The van der Waals surface area contributed by atoms with E-state index in [4.69, 9.17) is 11.0 Å². The van der Waals surface area contributed by atoms with Crippen molar-refractivity contribution in [2.24, 2.45) is 5.73 Å². The predicted molar refractivity (Wildman–Crippen MR) is 60.0 cm³/mol. The quantitative estimate of drug-likeness (QED) is 0.623. The minimum Gasteiger partial charge on any atom is -0.356 e. The van der Waals surface area contributed by atoms with Crippen molar-refractivity contribution in [2.45, 2.75) is 51.5 Å². The van der Waals surface area contributed by atoms with Crippen LogP contribution >= 0.6 is 0 Å². The van der Waals surface area contributed by atoms with Gasteiger partial charge in [-0.25, -0.2) is 0 Å². The van der Waals surface area contributed by atoms with E-state index < -0.39 is 0 Å². The van der Waals surface area contributed by atoms with Crippen molar-refractivity contribution in [2.75, 3.05) is 6.54 Å². The van der Waals surface area contributed by atoms with Crippen LogP contribution in [0, 0.1) is 11.3 Å². The summed E-state index contributed by atoms with van der Waals surface area (Å²) in [5.74, 6) is 0.0467. The van der Waals surface area contributed by atoms with Gasteiger partial charge in [0.25, 0.3) is 0 Å². The first kappa shape index (κ1) is 13.9. The Morgan fingerprint density at radius 3 is 2.67 bits per heavy atom. The molecule has 3 N–H and O–H groups in total. The van der Waals surface area contributed by atoms with Gasteiger partial charge in [-0.2, -0.15) is 5.26 Å². The lowest BCUT2D eigenvalue weighted by molar-refractivity contribution is -0.121. The smallest absolute Gasteiger partial charge is 0.220 e. The number of nitrogens with zero attached hydrogens (tertiary/aromatic N) is 1. The first-order valence-electron chi connectivity index (χ1n) is 5.38. The van der Waals surface area contributed by atoms with Gasteiger partial charge in [0.2, 0.25) is 5.91 Å². The van der Waals surface area contributed by atoms with E-state index in [2.05, 4.69) is 11.4 Å². The highest BCUT2D eigenvalue weighted by Crippen LogP contribution is 2.06. The maximum Gasteiger partial charge on any atom is 0.220 e. The predicted octanol–water partition coefficient (Wildman–Crippen LogP) is 1.31. The normalized spacial score (nSPS) is 10.8. The van der Waals surface area contributed by atoms with Gasteiger partial charge in [-0.1, -0.05) is 0 Å². The maximum absolute atomic E-state index is 11.3. The molecule has 0 unspecified atom stereocenters. The Kier molecular flexibility index (Phi) is 6.72. The van der Waals surface area contributed by atoms with Crippen molar-refractivity contribution in [3.8, 4) is 6.07 Å². The summed E-state index contributed by atoms with van der Waals surface area (Å²) in [7, 11) is 0. The molecule has 0 fully saturated rings. The molecular weight excluding hydrogens is 190 g/mol. The fourth-order valence-electron chi connectivity index (χ4n) is 1.08. The van der Waals surface area contributed by atoms with Gasteiger partial charge in [0.15, 0.2) is 0 Å². The molecule has 0 saturated carbocycles. The maximum atomic E-state index is 11.3. The molecule has 1 amide bonds. The van der Waals surface area contributed by atoms with Crippen molar-refractivity contribution in [3.05, 3.63) is 0 Å². The molecule has 4 nitrogen and oxygen atoms in total. The summed E-state index contributed by atoms with van der Waals surface area (Å²) in [6.45, 7) is 4.48. The van der Waals surface area contributed by atoms with Crippen LogP contribution in [0.1, 0.15) is 46.0 Å². The number of nitriles is 1. The Balaban J connectivity index is 3.39. The standard InChI is InChI=1S/C11H21N3O/c1-11(2,13)7-6-10(15)14-9-5-3-4-8-12/h3-7,9,13H2,1-2H3,(H,14,15). The minimum absolute atomic E-state index is 0.0467. The fraction of sp³-hybridized carbons (Fsp3) is 0.818. The van der Waals surface area contributed by atoms with Crippen LogP contribution in [0.3, 0.4) is 0 Å². The van der Waals surface area contributed by atoms with E-state index in [1.807, 2.05) is 13.8 Å². The molecule has 0 bridgehead atoms. The summed E-state index contributed by atoms with van der Waals surface area (Å²) >= 11 is 0. The first-order chi connectivity index (χ1) is 6.95. The number of amides is 1. The first-order valence-corrected chi connectivity index (χ1v) is 5.38. The van der Waals surface area contributed by atoms with Crippen molar-refractivity contribution >= 4 is 5.91 Å². The molecule has 0 atom stereocenters. The molecule has 0 radical (unpaired) electrons. The zero-order valence-electron chi connectivity index (χ0n) is 9.68. The highest BCUT2D eigenvalue weighted by atomic mass is 16.1. The topological polar surface area (TPSA) is 78.9 Å². The molecule has 0 saturated heterocycles. The lowest BCUT2D eigenvalue weighted by atomic mass is 10.00. The second-order valence-electron chi connectivity index (χ2n) is 4.45. The van der Waals surface area contributed by atoms with Crippen molar-refractivity contribution in [3.63, 3.8) is 0 Å². The van der Waals surface area contributed by atoms with Gasteiger partial charge in [0.1, 0.15) is 0 Å². The van der Waals surface area contributed by atoms with Crippen LogP contribution in [0.25, 0.3) is 0 Å². The fourth-order valence-corrected chi connectivity index (χ4v) is 1.08. The van der Waals surface area contributed by atoms with E-state index in [-0.39, 0.29) is 11.4 Å². The molecule has 0 rings (SSSR count). The second kappa shape index (κ2) is 7.24. The average molecular weight is 211 g/mol. The third-order valence-corrected chi connectivity index (χ3v) is 2.03. The summed E-state index contributed by atoms with van der Waals surface area (Å²) in [6, 6.07) is 2.07. The molecule has 0 heterocycles. The second-order valence-corrected chi connectivity index (χ2v) is 4.45. The van der Waals surface area contributed by atoms with Gasteiger partial charge in [-0.3, -0.25) is 4.79 Å². The summed E-state index contributed by atoms with van der Waals surface area (Å²) in [5.41, 5.74) is 5.48. The van der Waals surface area contributed by atoms with Crippen LogP contribution in [0.4, 0.5) is 0 Å². The van der Waals surface area contributed by atoms with E-state index in [9.17, 15) is 4.79 Å². The molecule has 86 valence electrons. The number of carbonyl (C=O) groups excluding carboxylic acids is 1. The number of hydrogen-bond donors (Lipinski definition) is 2. The molecule has 0 aliphatic carbocycles. The lowest BCUT2D eigenvalue weighted by Crippen LogP contribution is -2.34. The van der Waals surface area contributed by atoms with Crippen LogP contribution < -0.4 is 11.1 Å². The van der Waals surface area contributed by atoms with Crippen LogP contribution in [0.5, 0.6) is 0 Å². The van der Waals surface area contributed by atoms with E-state index >= 15 is 0 Å². The highest BCUT2D eigenvalue weighted by Gasteiger charge is 2.12. The summed E-state index contributed by atoms with van der Waals surface area (Å²) in [6.07, 6.45) is 3.44. The number of hydrogen-bond acceptors (Lipinski definition) is 3.